The normalized spacial score (nSPS) is 15.6. The first-order valence-electron chi connectivity index (χ1n) is 6.17. The van der Waals surface area contributed by atoms with Crippen molar-refractivity contribution >= 4 is 5.91 Å². The largest absolute Gasteiger partial charge is 0.476 e. The number of rotatable bonds is 4. The van der Waals surface area contributed by atoms with Gasteiger partial charge in [0, 0.05) is 12.1 Å². The molecular formula is C13H17NO4. The van der Waals surface area contributed by atoms with Crippen LogP contribution in [0.3, 0.4) is 0 Å². The highest BCUT2D eigenvalue weighted by atomic mass is 16.5. The van der Waals surface area contributed by atoms with Crippen molar-refractivity contribution in [1.29, 1.82) is 0 Å². The van der Waals surface area contributed by atoms with Gasteiger partial charge < -0.3 is 14.5 Å². The Morgan fingerprint density at radius 1 is 1.50 bits per heavy atom. The lowest BCUT2D eigenvalue weighted by Gasteiger charge is -2.12. The molecule has 0 radical (unpaired) electrons. The third kappa shape index (κ3) is 3.12. The number of aryl methyl sites for hydroxylation is 1. The summed E-state index contributed by atoms with van der Waals surface area (Å²) in [7, 11) is 0. The molecule has 0 aromatic carbocycles. The van der Waals surface area contributed by atoms with Gasteiger partial charge in [0.05, 0.1) is 6.26 Å². The number of hydrogen-bond acceptors (Lipinski definition) is 4. The van der Waals surface area contributed by atoms with Crippen LogP contribution in [0.25, 0.3) is 0 Å². The Labute approximate surface area is 105 Å². The number of amides is 1. The molecule has 1 aromatic rings. The van der Waals surface area contributed by atoms with Gasteiger partial charge in [0.2, 0.25) is 11.2 Å². The summed E-state index contributed by atoms with van der Waals surface area (Å²) < 4.78 is 10.3. The fourth-order valence-electron chi connectivity index (χ4n) is 2.15. The third-order valence-electron chi connectivity index (χ3n) is 3.08. The molecular weight excluding hydrogens is 234 g/mol. The molecule has 1 aromatic heterocycles. The Morgan fingerprint density at radius 2 is 2.22 bits per heavy atom. The predicted molar refractivity (Wildman–Crippen MR) is 65.6 cm³/mol. The Balaban J connectivity index is 1.87. The molecule has 18 heavy (non-hydrogen) atoms. The van der Waals surface area contributed by atoms with Crippen molar-refractivity contribution in [3.63, 3.8) is 0 Å². The molecule has 0 atom stereocenters. The second-order valence-electron chi connectivity index (χ2n) is 4.51. The first-order chi connectivity index (χ1) is 8.66. The molecule has 0 bridgehead atoms. The lowest BCUT2D eigenvalue weighted by molar-refractivity contribution is -0.123. The minimum Gasteiger partial charge on any atom is -0.476 e. The highest BCUT2D eigenvalue weighted by Gasteiger charge is 2.17. The molecule has 1 saturated carbocycles. The van der Waals surface area contributed by atoms with E-state index in [1.54, 1.807) is 6.92 Å². The monoisotopic (exact) mass is 251 g/mol. The van der Waals surface area contributed by atoms with E-state index in [1.807, 2.05) is 0 Å². The molecule has 0 spiro atoms. The Kier molecular flexibility index (Phi) is 4.02. The fourth-order valence-corrected chi connectivity index (χ4v) is 2.15. The van der Waals surface area contributed by atoms with Gasteiger partial charge in [0.1, 0.15) is 5.76 Å². The van der Waals surface area contributed by atoms with E-state index in [1.165, 1.54) is 12.3 Å². The van der Waals surface area contributed by atoms with Crippen molar-refractivity contribution in [3.05, 3.63) is 28.3 Å². The maximum atomic E-state index is 11.6. The van der Waals surface area contributed by atoms with E-state index in [9.17, 15) is 9.59 Å². The second kappa shape index (κ2) is 5.71. The van der Waals surface area contributed by atoms with Crippen LogP contribution in [0.1, 0.15) is 31.4 Å². The number of nitrogens with one attached hydrogen (secondary N) is 1. The SMILES string of the molecule is Cc1occc(=O)c1OCC(=O)NC1CCCC1. The molecule has 1 aliphatic rings. The average molecular weight is 251 g/mol. The minimum absolute atomic E-state index is 0.110. The molecule has 1 heterocycles. The van der Waals surface area contributed by atoms with Gasteiger partial charge in [0.25, 0.3) is 5.91 Å². The topological polar surface area (TPSA) is 68.5 Å². The van der Waals surface area contributed by atoms with Gasteiger partial charge in [-0.25, -0.2) is 0 Å². The molecule has 1 aliphatic carbocycles. The van der Waals surface area contributed by atoms with Crippen LogP contribution >= 0.6 is 0 Å². The summed E-state index contributed by atoms with van der Waals surface area (Å²) in [6, 6.07) is 1.53. The molecule has 1 amide bonds. The highest BCUT2D eigenvalue weighted by molar-refractivity contribution is 5.77. The number of carbonyl (C=O) groups excluding carboxylic acids is 1. The maximum Gasteiger partial charge on any atom is 0.258 e. The number of ether oxygens (including phenoxy) is 1. The minimum atomic E-state index is -0.271. The molecule has 5 nitrogen and oxygen atoms in total. The lowest BCUT2D eigenvalue weighted by atomic mass is 10.2. The van der Waals surface area contributed by atoms with Crippen LogP contribution < -0.4 is 15.5 Å². The fraction of sp³-hybridized carbons (Fsp3) is 0.538. The average Bonchev–Trinajstić information content (AvgIpc) is 2.81. The van der Waals surface area contributed by atoms with Crippen molar-refractivity contribution in [1.82, 2.24) is 5.32 Å². The van der Waals surface area contributed by atoms with Crippen LogP contribution in [0.4, 0.5) is 0 Å². The van der Waals surface area contributed by atoms with E-state index in [2.05, 4.69) is 5.32 Å². The van der Waals surface area contributed by atoms with Crippen molar-refractivity contribution in [2.75, 3.05) is 6.61 Å². The zero-order chi connectivity index (χ0) is 13.0. The summed E-state index contributed by atoms with van der Waals surface area (Å²) in [4.78, 5) is 23.1. The maximum absolute atomic E-state index is 11.6. The van der Waals surface area contributed by atoms with Crippen LogP contribution in [0.15, 0.2) is 21.5 Å². The number of hydrogen-bond donors (Lipinski definition) is 1. The van der Waals surface area contributed by atoms with Crippen LogP contribution in [0.2, 0.25) is 0 Å². The molecule has 1 N–H and O–H groups in total. The zero-order valence-corrected chi connectivity index (χ0v) is 10.4. The molecule has 0 unspecified atom stereocenters. The van der Waals surface area contributed by atoms with Crippen molar-refractivity contribution in [3.8, 4) is 5.75 Å². The van der Waals surface area contributed by atoms with Gasteiger partial charge in [-0.3, -0.25) is 9.59 Å². The summed E-state index contributed by atoms with van der Waals surface area (Å²) in [6.07, 6.45) is 5.68. The van der Waals surface area contributed by atoms with Crippen LogP contribution in [-0.2, 0) is 4.79 Å². The van der Waals surface area contributed by atoms with E-state index in [-0.39, 0.29) is 29.7 Å². The quantitative estimate of drug-likeness (QED) is 0.878. The van der Waals surface area contributed by atoms with E-state index in [0.29, 0.717) is 5.76 Å². The van der Waals surface area contributed by atoms with Gasteiger partial charge in [-0.15, -0.1) is 0 Å². The van der Waals surface area contributed by atoms with E-state index in [0.717, 1.165) is 25.7 Å². The second-order valence-corrected chi connectivity index (χ2v) is 4.51. The zero-order valence-electron chi connectivity index (χ0n) is 10.4. The predicted octanol–water partition coefficient (Wildman–Crippen LogP) is 1.39. The van der Waals surface area contributed by atoms with Gasteiger partial charge in [0.15, 0.2) is 6.61 Å². The molecule has 5 heteroatoms. The van der Waals surface area contributed by atoms with Crippen LogP contribution in [0.5, 0.6) is 5.75 Å². The lowest BCUT2D eigenvalue weighted by Crippen LogP contribution is -2.36. The molecule has 1 fully saturated rings. The summed E-state index contributed by atoms with van der Waals surface area (Å²) in [5.74, 6) is 0.305. The van der Waals surface area contributed by atoms with Crippen molar-refractivity contribution < 1.29 is 13.9 Å². The summed E-state index contributed by atoms with van der Waals surface area (Å²) in [5, 5.41) is 2.89. The Hall–Kier alpha value is -1.78. The number of carbonyl (C=O) groups is 1. The molecule has 0 saturated heterocycles. The smallest absolute Gasteiger partial charge is 0.258 e. The van der Waals surface area contributed by atoms with E-state index < -0.39 is 0 Å². The highest BCUT2D eigenvalue weighted by Crippen LogP contribution is 2.17. The molecule has 98 valence electrons. The van der Waals surface area contributed by atoms with Crippen molar-refractivity contribution in [2.24, 2.45) is 0 Å². The third-order valence-corrected chi connectivity index (χ3v) is 3.08. The summed E-state index contributed by atoms with van der Waals surface area (Å²) >= 11 is 0. The Morgan fingerprint density at radius 3 is 2.89 bits per heavy atom. The summed E-state index contributed by atoms with van der Waals surface area (Å²) in [6.45, 7) is 1.48. The van der Waals surface area contributed by atoms with Crippen LogP contribution in [0, 0.1) is 6.92 Å². The summed E-state index contributed by atoms with van der Waals surface area (Å²) in [5.41, 5.74) is -0.271. The Bertz CT molecular complexity index is 474. The first kappa shape index (κ1) is 12.7. The van der Waals surface area contributed by atoms with Gasteiger partial charge in [-0.2, -0.15) is 0 Å². The van der Waals surface area contributed by atoms with Gasteiger partial charge in [-0.05, 0) is 19.8 Å². The van der Waals surface area contributed by atoms with E-state index in [4.69, 9.17) is 9.15 Å². The first-order valence-corrected chi connectivity index (χ1v) is 6.17. The molecule has 2 rings (SSSR count). The van der Waals surface area contributed by atoms with Gasteiger partial charge >= 0.3 is 0 Å². The van der Waals surface area contributed by atoms with Crippen molar-refractivity contribution in [2.45, 2.75) is 38.6 Å². The van der Waals surface area contributed by atoms with Gasteiger partial charge in [-0.1, -0.05) is 12.8 Å². The van der Waals surface area contributed by atoms with Crippen LogP contribution in [-0.4, -0.2) is 18.6 Å². The van der Waals surface area contributed by atoms with E-state index >= 15 is 0 Å². The molecule has 0 aliphatic heterocycles. The standard InChI is InChI=1S/C13H17NO4/c1-9-13(11(15)6-7-17-9)18-8-12(16)14-10-4-2-3-5-10/h6-7,10H,2-5,8H2,1H3,(H,14,16).